The number of aryl methyl sites for hydroxylation is 2. The number of thiophene rings is 1. The smallest absolute Gasteiger partial charge is 0.306 e. The largest absolute Gasteiger partial charge is 0.481 e. The van der Waals surface area contributed by atoms with E-state index in [2.05, 4.69) is 35.8 Å². The first-order valence-electron chi connectivity index (χ1n) is 13.4. The van der Waals surface area contributed by atoms with Gasteiger partial charge in [0.2, 0.25) is 0 Å². The summed E-state index contributed by atoms with van der Waals surface area (Å²) in [5.41, 5.74) is 5.99. The summed E-state index contributed by atoms with van der Waals surface area (Å²) in [7, 11) is 0. The molecule has 0 radical (unpaired) electrons. The molecule has 1 aromatic heterocycles. The maximum Gasteiger partial charge on any atom is 0.306 e. The fourth-order valence-corrected chi connectivity index (χ4v) is 7.71. The van der Waals surface area contributed by atoms with Gasteiger partial charge in [0.25, 0.3) is 5.91 Å². The van der Waals surface area contributed by atoms with Crippen LogP contribution in [0.3, 0.4) is 0 Å². The van der Waals surface area contributed by atoms with Crippen molar-refractivity contribution in [3.63, 3.8) is 0 Å². The molecule has 1 aliphatic heterocycles. The summed E-state index contributed by atoms with van der Waals surface area (Å²) in [5.74, 6) is -0.763. The second kappa shape index (κ2) is 9.62. The van der Waals surface area contributed by atoms with Gasteiger partial charge in [-0.05, 0) is 91.3 Å². The van der Waals surface area contributed by atoms with Crippen LogP contribution in [0.5, 0.6) is 0 Å². The number of rotatable bonds is 7. The number of carbonyl (C=O) groups excluding carboxylic acids is 1. The van der Waals surface area contributed by atoms with Gasteiger partial charge in [0.05, 0.1) is 11.5 Å². The summed E-state index contributed by atoms with van der Waals surface area (Å²) in [5, 5.41) is 15.6. The molecule has 3 aliphatic rings. The SMILES string of the molecule is Cc1sc(C)c(C(=O)NC2CC3(C2)CC(C(=O)O)C3)c1Cc1ccc(-c2cc(F)cc(C3CNC3)c2)cc1. The molecular formula is C31H33FN2O3S. The number of aliphatic carboxylic acids is 1. The number of hydrogen-bond acceptors (Lipinski definition) is 4. The Bertz CT molecular complexity index is 1400. The minimum atomic E-state index is -0.697. The summed E-state index contributed by atoms with van der Waals surface area (Å²) in [4.78, 5) is 26.7. The van der Waals surface area contributed by atoms with Gasteiger partial charge in [0, 0.05) is 34.8 Å². The summed E-state index contributed by atoms with van der Waals surface area (Å²) < 4.78 is 14.3. The van der Waals surface area contributed by atoms with Crippen LogP contribution < -0.4 is 10.6 Å². The molecule has 0 unspecified atom stereocenters. The third-order valence-corrected chi connectivity index (χ3v) is 9.92. The average Bonchev–Trinajstić information content (AvgIpc) is 3.05. The van der Waals surface area contributed by atoms with Crippen LogP contribution in [-0.2, 0) is 11.2 Å². The Morgan fingerprint density at radius 2 is 1.74 bits per heavy atom. The van der Waals surface area contributed by atoms with Crippen LogP contribution in [0.25, 0.3) is 11.1 Å². The fraction of sp³-hybridized carbons (Fsp3) is 0.419. The molecule has 3 fully saturated rings. The highest BCUT2D eigenvalue weighted by Crippen LogP contribution is 2.58. The van der Waals surface area contributed by atoms with Crippen molar-refractivity contribution in [2.45, 2.75) is 57.9 Å². The number of hydrogen-bond donors (Lipinski definition) is 3. The lowest BCUT2D eigenvalue weighted by atomic mass is 9.50. The van der Waals surface area contributed by atoms with E-state index in [9.17, 15) is 19.1 Å². The van der Waals surface area contributed by atoms with Crippen molar-refractivity contribution in [3.05, 3.63) is 80.3 Å². The van der Waals surface area contributed by atoms with Crippen LogP contribution in [-0.4, -0.2) is 36.1 Å². The number of carboxylic acids is 1. The molecule has 2 aromatic carbocycles. The number of benzene rings is 2. The van der Waals surface area contributed by atoms with E-state index in [0.29, 0.717) is 12.3 Å². The highest BCUT2D eigenvalue weighted by molar-refractivity contribution is 7.12. The van der Waals surface area contributed by atoms with Gasteiger partial charge < -0.3 is 15.7 Å². The van der Waals surface area contributed by atoms with E-state index in [4.69, 9.17) is 0 Å². The first-order chi connectivity index (χ1) is 18.2. The highest BCUT2D eigenvalue weighted by Gasteiger charge is 2.55. The first kappa shape index (κ1) is 25.3. The van der Waals surface area contributed by atoms with E-state index in [0.717, 1.165) is 81.9 Å². The normalized spacial score (nSPS) is 24.4. The second-order valence-corrected chi connectivity index (χ2v) is 13.0. The van der Waals surface area contributed by atoms with Crippen molar-refractivity contribution in [2.75, 3.05) is 13.1 Å². The van der Waals surface area contributed by atoms with Crippen LogP contribution in [0.15, 0.2) is 42.5 Å². The van der Waals surface area contributed by atoms with E-state index in [1.165, 1.54) is 0 Å². The molecule has 198 valence electrons. The van der Waals surface area contributed by atoms with Gasteiger partial charge in [0.1, 0.15) is 5.82 Å². The molecule has 1 amide bonds. The van der Waals surface area contributed by atoms with E-state index in [1.54, 1.807) is 23.5 Å². The number of nitrogens with one attached hydrogen (secondary N) is 2. The Labute approximate surface area is 226 Å². The molecule has 38 heavy (non-hydrogen) atoms. The van der Waals surface area contributed by atoms with Crippen molar-refractivity contribution in [1.29, 1.82) is 0 Å². The third kappa shape index (κ3) is 4.67. The first-order valence-corrected chi connectivity index (χ1v) is 14.2. The van der Waals surface area contributed by atoms with Crippen LogP contribution in [0, 0.1) is 31.0 Å². The van der Waals surface area contributed by atoms with E-state index >= 15 is 0 Å². The van der Waals surface area contributed by atoms with Gasteiger partial charge in [-0.3, -0.25) is 9.59 Å². The number of amides is 1. The van der Waals surface area contributed by atoms with Crippen molar-refractivity contribution < 1.29 is 19.1 Å². The lowest BCUT2D eigenvalue weighted by molar-refractivity contribution is -0.155. The maximum absolute atomic E-state index is 14.3. The quantitative estimate of drug-likeness (QED) is 0.358. The van der Waals surface area contributed by atoms with E-state index < -0.39 is 5.97 Å². The molecule has 2 heterocycles. The number of carbonyl (C=O) groups is 2. The Morgan fingerprint density at radius 1 is 1.03 bits per heavy atom. The van der Waals surface area contributed by atoms with Gasteiger partial charge in [-0.15, -0.1) is 11.3 Å². The highest BCUT2D eigenvalue weighted by atomic mass is 32.1. The Balaban J connectivity index is 1.14. The number of carboxylic acid groups (broad SMARTS) is 1. The molecule has 5 nitrogen and oxygen atoms in total. The van der Waals surface area contributed by atoms with Crippen molar-refractivity contribution >= 4 is 23.2 Å². The molecule has 0 bridgehead atoms. The zero-order valence-corrected chi connectivity index (χ0v) is 22.6. The zero-order chi connectivity index (χ0) is 26.6. The Morgan fingerprint density at radius 3 is 2.37 bits per heavy atom. The van der Waals surface area contributed by atoms with Gasteiger partial charge >= 0.3 is 5.97 Å². The van der Waals surface area contributed by atoms with E-state index in [-0.39, 0.29) is 29.1 Å². The molecule has 2 aliphatic carbocycles. The van der Waals surface area contributed by atoms with E-state index in [1.807, 2.05) is 19.1 Å². The standard InChI is InChI=1S/C31H33FN2O3S/c1-17-27(28(18(2)38-17)29(35)34-26-13-31(14-26)11-23(12-31)30(36)37)7-19-3-5-20(6-4-19)21-8-22(10-25(32)9-21)24-15-33-16-24/h3-6,8-10,23-24,26,33H,7,11-16H2,1-2H3,(H,34,35)(H,36,37). The summed E-state index contributed by atoms with van der Waals surface area (Å²) in [6.45, 7) is 5.86. The predicted molar refractivity (Wildman–Crippen MR) is 147 cm³/mol. The van der Waals surface area contributed by atoms with Gasteiger partial charge in [-0.25, -0.2) is 4.39 Å². The minimum absolute atomic E-state index is 0.0230. The molecular weight excluding hydrogens is 499 g/mol. The lowest BCUT2D eigenvalue weighted by Gasteiger charge is -2.56. The van der Waals surface area contributed by atoms with Gasteiger partial charge in [-0.2, -0.15) is 0 Å². The molecule has 3 N–H and O–H groups in total. The Hall–Kier alpha value is -3.03. The monoisotopic (exact) mass is 532 g/mol. The molecule has 1 saturated heterocycles. The van der Waals surface area contributed by atoms with Crippen LogP contribution in [0.1, 0.15) is 68.4 Å². The number of halogens is 1. The molecule has 6 rings (SSSR count). The van der Waals surface area contributed by atoms with Crippen molar-refractivity contribution in [3.8, 4) is 11.1 Å². The molecule has 0 atom stereocenters. The summed E-state index contributed by atoms with van der Waals surface area (Å²) in [6, 6.07) is 13.7. The molecule has 1 spiro atoms. The zero-order valence-electron chi connectivity index (χ0n) is 21.8. The lowest BCUT2D eigenvalue weighted by Crippen LogP contribution is -2.57. The van der Waals surface area contributed by atoms with Crippen LogP contribution in [0.2, 0.25) is 0 Å². The maximum atomic E-state index is 14.3. The predicted octanol–water partition coefficient (Wildman–Crippen LogP) is 5.82. The average molecular weight is 533 g/mol. The summed E-state index contributed by atoms with van der Waals surface area (Å²) >= 11 is 1.66. The molecule has 3 aromatic rings. The van der Waals surface area contributed by atoms with Crippen LogP contribution in [0.4, 0.5) is 4.39 Å². The Kier molecular flexibility index (Phi) is 6.39. The molecule has 7 heteroatoms. The van der Waals surface area contributed by atoms with Crippen molar-refractivity contribution in [2.24, 2.45) is 11.3 Å². The topological polar surface area (TPSA) is 78.4 Å². The fourth-order valence-electron chi connectivity index (χ4n) is 6.64. The van der Waals surface area contributed by atoms with Gasteiger partial charge in [-0.1, -0.05) is 30.3 Å². The third-order valence-electron chi connectivity index (χ3n) is 8.86. The van der Waals surface area contributed by atoms with Crippen LogP contribution >= 0.6 is 11.3 Å². The van der Waals surface area contributed by atoms with Crippen molar-refractivity contribution in [1.82, 2.24) is 10.6 Å². The minimum Gasteiger partial charge on any atom is -0.481 e. The summed E-state index contributed by atoms with van der Waals surface area (Å²) in [6.07, 6.45) is 3.89. The molecule has 2 saturated carbocycles. The second-order valence-electron chi connectivity index (χ2n) is 11.6. The van der Waals surface area contributed by atoms with Gasteiger partial charge in [0.15, 0.2) is 0 Å².